The minimum Gasteiger partial charge on any atom is -0.339 e. The van der Waals surface area contributed by atoms with Crippen molar-refractivity contribution in [1.29, 1.82) is 0 Å². The van der Waals surface area contributed by atoms with Gasteiger partial charge in [0.05, 0.1) is 0 Å². The summed E-state index contributed by atoms with van der Waals surface area (Å²) in [6.07, 6.45) is 7.49. The first-order chi connectivity index (χ1) is 8.24. The highest BCUT2D eigenvalue weighted by atomic mass is 32.2. The zero-order valence-electron chi connectivity index (χ0n) is 10.5. The third-order valence-corrected chi connectivity index (χ3v) is 4.57. The summed E-state index contributed by atoms with van der Waals surface area (Å²) >= 11 is 1.71. The summed E-state index contributed by atoms with van der Waals surface area (Å²) in [4.78, 5) is 25.9. The second-order valence-electron chi connectivity index (χ2n) is 5.00. The van der Waals surface area contributed by atoms with E-state index in [0.29, 0.717) is 12.2 Å². The number of thioether (sulfide) groups is 1. The molecule has 96 valence electrons. The first-order valence-corrected chi connectivity index (χ1v) is 7.94. The maximum Gasteiger partial charge on any atom is 0.223 e. The number of amides is 1. The van der Waals surface area contributed by atoms with E-state index in [2.05, 4.69) is 0 Å². The van der Waals surface area contributed by atoms with Gasteiger partial charge in [-0.25, -0.2) is 0 Å². The van der Waals surface area contributed by atoms with Crippen molar-refractivity contribution in [1.82, 2.24) is 4.90 Å². The van der Waals surface area contributed by atoms with Crippen LogP contribution in [0.2, 0.25) is 0 Å². The van der Waals surface area contributed by atoms with Gasteiger partial charge >= 0.3 is 0 Å². The van der Waals surface area contributed by atoms with E-state index >= 15 is 0 Å². The van der Waals surface area contributed by atoms with E-state index in [-0.39, 0.29) is 17.9 Å². The Morgan fingerprint density at radius 3 is 2.88 bits per heavy atom. The van der Waals surface area contributed by atoms with Crippen molar-refractivity contribution < 1.29 is 9.59 Å². The first kappa shape index (κ1) is 12.9. The van der Waals surface area contributed by atoms with Gasteiger partial charge < -0.3 is 4.90 Å². The van der Waals surface area contributed by atoms with Gasteiger partial charge in [-0.1, -0.05) is 0 Å². The SMILES string of the molecule is CSCCC(=O)N1CCCC1C1CCCC1=O. The van der Waals surface area contributed by atoms with Crippen molar-refractivity contribution in [3.63, 3.8) is 0 Å². The topological polar surface area (TPSA) is 37.4 Å². The third kappa shape index (κ3) is 2.84. The highest BCUT2D eigenvalue weighted by molar-refractivity contribution is 7.98. The molecular formula is C13H21NO2S. The number of ketones is 1. The number of hydrogen-bond acceptors (Lipinski definition) is 3. The van der Waals surface area contributed by atoms with Crippen LogP contribution in [0.15, 0.2) is 0 Å². The number of carbonyl (C=O) groups is 2. The Morgan fingerprint density at radius 2 is 2.24 bits per heavy atom. The number of Topliss-reactive ketones (excluding diaryl/α,β-unsaturated/α-hetero) is 1. The molecule has 0 aromatic rings. The molecular weight excluding hydrogens is 234 g/mol. The number of rotatable bonds is 4. The minimum atomic E-state index is 0.149. The second-order valence-corrected chi connectivity index (χ2v) is 5.99. The molecule has 1 aliphatic heterocycles. The van der Waals surface area contributed by atoms with Crippen LogP contribution in [0.4, 0.5) is 0 Å². The average Bonchev–Trinajstić information content (AvgIpc) is 2.93. The lowest BCUT2D eigenvalue weighted by atomic mass is 9.95. The molecule has 0 aromatic heterocycles. The fourth-order valence-electron chi connectivity index (χ4n) is 3.10. The van der Waals surface area contributed by atoms with Crippen LogP contribution in [-0.2, 0) is 9.59 Å². The van der Waals surface area contributed by atoms with Crippen molar-refractivity contribution in [3.05, 3.63) is 0 Å². The molecule has 0 N–H and O–H groups in total. The predicted molar refractivity (Wildman–Crippen MR) is 70.1 cm³/mol. The van der Waals surface area contributed by atoms with Crippen molar-refractivity contribution in [2.75, 3.05) is 18.6 Å². The van der Waals surface area contributed by atoms with Crippen LogP contribution >= 0.6 is 11.8 Å². The van der Waals surface area contributed by atoms with Crippen LogP contribution in [0.3, 0.4) is 0 Å². The average molecular weight is 255 g/mol. The van der Waals surface area contributed by atoms with Crippen molar-refractivity contribution in [3.8, 4) is 0 Å². The summed E-state index contributed by atoms with van der Waals surface area (Å²) in [6, 6.07) is 0.222. The summed E-state index contributed by atoms with van der Waals surface area (Å²) in [6.45, 7) is 0.863. The highest BCUT2D eigenvalue weighted by Crippen LogP contribution is 2.33. The van der Waals surface area contributed by atoms with Gasteiger partial charge in [0.25, 0.3) is 0 Å². The molecule has 2 rings (SSSR count). The molecule has 1 saturated heterocycles. The van der Waals surface area contributed by atoms with Crippen LogP contribution in [-0.4, -0.2) is 41.2 Å². The van der Waals surface area contributed by atoms with Gasteiger partial charge in [0.15, 0.2) is 0 Å². The van der Waals surface area contributed by atoms with Gasteiger partial charge in [-0.05, 0) is 31.9 Å². The van der Waals surface area contributed by atoms with Crippen LogP contribution in [0.5, 0.6) is 0 Å². The van der Waals surface area contributed by atoms with Crippen LogP contribution in [0, 0.1) is 5.92 Å². The number of carbonyl (C=O) groups excluding carboxylic acids is 2. The highest BCUT2D eigenvalue weighted by Gasteiger charge is 2.39. The number of likely N-dealkylation sites (tertiary alicyclic amines) is 1. The summed E-state index contributed by atoms with van der Waals surface area (Å²) in [5.74, 6) is 1.68. The Balaban J connectivity index is 1.96. The molecule has 0 bridgehead atoms. The van der Waals surface area contributed by atoms with E-state index in [1.54, 1.807) is 11.8 Å². The zero-order valence-corrected chi connectivity index (χ0v) is 11.3. The van der Waals surface area contributed by atoms with Gasteiger partial charge in [-0.15, -0.1) is 0 Å². The van der Waals surface area contributed by atoms with E-state index < -0.39 is 0 Å². The standard InChI is InChI=1S/C13H21NO2S/c1-17-9-7-13(16)14-8-3-5-11(14)10-4-2-6-12(10)15/h10-11H,2-9H2,1H3. The van der Waals surface area contributed by atoms with Crippen molar-refractivity contribution in [2.24, 2.45) is 5.92 Å². The Labute approximate surface area is 107 Å². The Bertz CT molecular complexity index is 306. The fraction of sp³-hybridized carbons (Fsp3) is 0.846. The maximum absolute atomic E-state index is 12.1. The lowest BCUT2D eigenvalue weighted by molar-refractivity contribution is -0.133. The summed E-state index contributed by atoms with van der Waals surface area (Å²) in [7, 11) is 0. The van der Waals surface area contributed by atoms with Gasteiger partial charge in [-0.3, -0.25) is 9.59 Å². The summed E-state index contributed by atoms with van der Waals surface area (Å²) in [5, 5.41) is 0. The fourth-order valence-corrected chi connectivity index (χ4v) is 3.48. The predicted octanol–water partition coefficient (Wildman–Crippen LogP) is 2.10. The smallest absolute Gasteiger partial charge is 0.223 e. The van der Waals surface area contributed by atoms with Gasteiger partial charge in [0.2, 0.25) is 5.91 Å². The van der Waals surface area contributed by atoms with Crippen molar-refractivity contribution >= 4 is 23.5 Å². The van der Waals surface area contributed by atoms with E-state index in [1.807, 2.05) is 11.2 Å². The normalized spacial score (nSPS) is 29.0. The zero-order chi connectivity index (χ0) is 12.3. The van der Waals surface area contributed by atoms with Crippen molar-refractivity contribution in [2.45, 2.75) is 44.6 Å². The molecule has 4 heteroatoms. The van der Waals surface area contributed by atoms with Gasteiger partial charge in [0.1, 0.15) is 5.78 Å². The quantitative estimate of drug-likeness (QED) is 0.772. The molecule has 2 fully saturated rings. The molecule has 2 atom stereocenters. The Hall–Kier alpha value is -0.510. The molecule has 3 nitrogen and oxygen atoms in total. The molecule has 2 unspecified atom stereocenters. The molecule has 0 spiro atoms. The summed E-state index contributed by atoms with van der Waals surface area (Å²) < 4.78 is 0. The number of nitrogens with zero attached hydrogens (tertiary/aromatic N) is 1. The molecule has 1 heterocycles. The number of hydrogen-bond donors (Lipinski definition) is 0. The molecule has 1 amide bonds. The van der Waals surface area contributed by atoms with E-state index in [4.69, 9.17) is 0 Å². The van der Waals surface area contributed by atoms with E-state index in [9.17, 15) is 9.59 Å². The monoisotopic (exact) mass is 255 g/mol. The van der Waals surface area contributed by atoms with Crippen LogP contribution in [0.25, 0.3) is 0 Å². The lowest BCUT2D eigenvalue weighted by Gasteiger charge is -2.28. The third-order valence-electron chi connectivity index (χ3n) is 3.96. The van der Waals surface area contributed by atoms with E-state index in [1.165, 1.54) is 0 Å². The minimum absolute atomic E-state index is 0.149. The largest absolute Gasteiger partial charge is 0.339 e. The molecule has 1 aliphatic carbocycles. The van der Waals surface area contributed by atoms with E-state index in [0.717, 1.165) is 44.4 Å². The van der Waals surface area contributed by atoms with Crippen LogP contribution < -0.4 is 0 Å². The molecule has 1 saturated carbocycles. The Morgan fingerprint density at radius 1 is 1.41 bits per heavy atom. The maximum atomic E-state index is 12.1. The molecule has 0 aromatic carbocycles. The second kappa shape index (κ2) is 5.89. The molecule has 0 radical (unpaired) electrons. The Kier molecular flexibility index (Phi) is 4.48. The molecule has 2 aliphatic rings. The molecule has 17 heavy (non-hydrogen) atoms. The van der Waals surface area contributed by atoms with Gasteiger partial charge in [0, 0.05) is 37.1 Å². The van der Waals surface area contributed by atoms with Gasteiger partial charge in [-0.2, -0.15) is 11.8 Å². The summed E-state index contributed by atoms with van der Waals surface area (Å²) in [5.41, 5.74) is 0. The van der Waals surface area contributed by atoms with Crippen LogP contribution in [0.1, 0.15) is 38.5 Å². The first-order valence-electron chi connectivity index (χ1n) is 6.55. The lowest BCUT2D eigenvalue weighted by Crippen LogP contribution is -2.41.